The molecule has 1 aliphatic heterocycles. The van der Waals surface area contributed by atoms with Crippen molar-refractivity contribution in [3.8, 4) is 11.3 Å². The van der Waals surface area contributed by atoms with E-state index < -0.39 is 10.0 Å². The molecule has 0 unspecified atom stereocenters. The molecule has 28 heavy (non-hydrogen) atoms. The van der Waals surface area contributed by atoms with Crippen LogP contribution in [-0.2, 0) is 10.0 Å². The zero-order valence-corrected chi connectivity index (χ0v) is 17.7. The molecule has 8 heteroatoms. The van der Waals surface area contributed by atoms with Crippen molar-refractivity contribution in [1.82, 2.24) is 19.4 Å². The number of sulfonamides is 1. The van der Waals surface area contributed by atoms with E-state index in [4.69, 9.17) is 0 Å². The molecular weight excluding hydrogens is 374 g/mol. The molecule has 2 heterocycles. The molecule has 2 aromatic rings. The Kier molecular flexibility index (Phi) is 6.64. The summed E-state index contributed by atoms with van der Waals surface area (Å²) in [6.45, 7) is 4.71. The second kappa shape index (κ2) is 8.98. The first-order valence-corrected chi connectivity index (χ1v) is 11.2. The monoisotopic (exact) mass is 403 g/mol. The molecule has 0 saturated carbocycles. The molecule has 1 aromatic heterocycles. The van der Waals surface area contributed by atoms with E-state index in [0.29, 0.717) is 29.5 Å². The van der Waals surface area contributed by atoms with Gasteiger partial charge in [0.1, 0.15) is 5.82 Å². The molecule has 3 rings (SSSR count). The van der Waals surface area contributed by atoms with Crippen molar-refractivity contribution in [3.05, 3.63) is 35.9 Å². The molecule has 7 nitrogen and oxygen atoms in total. The Bertz CT molecular complexity index is 891. The SMILES string of the molecule is Cc1ccc(-c2ccc(NCCN(C)C)nn2)cc1S(=O)(=O)N1CCCCC1. The lowest BCUT2D eigenvalue weighted by molar-refractivity contribution is 0.346. The van der Waals surface area contributed by atoms with Crippen molar-refractivity contribution >= 4 is 15.8 Å². The number of rotatable bonds is 7. The van der Waals surface area contributed by atoms with E-state index in [0.717, 1.165) is 43.5 Å². The van der Waals surface area contributed by atoms with Crippen LogP contribution in [0.5, 0.6) is 0 Å². The van der Waals surface area contributed by atoms with Gasteiger partial charge in [-0.3, -0.25) is 0 Å². The molecule has 152 valence electrons. The lowest BCUT2D eigenvalue weighted by atomic mass is 10.1. The lowest BCUT2D eigenvalue weighted by Gasteiger charge is -2.26. The Morgan fingerprint density at radius 1 is 1.07 bits per heavy atom. The third kappa shape index (κ3) is 4.87. The fourth-order valence-electron chi connectivity index (χ4n) is 3.27. The first-order chi connectivity index (χ1) is 13.4. The molecule has 0 aliphatic carbocycles. The molecule has 1 aromatic carbocycles. The summed E-state index contributed by atoms with van der Waals surface area (Å²) >= 11 is 0. The average molecular weight is 404 g/mol. The van der Waals surface area contributed by atoms with E-state index >= 15 is 0 Å². The van der Waals surface area contributed by atoms with Crippen LogP contribution in [0.3, 0.4) is 0 Å². The Hall–Kier alpha value is -2.03. The molecule has 0 atom stereocenters. The van der Waals surface area contributed by atoms with Crippen LogP contribution in [-0.4, -0.2) is 68.1 Å². The number of piperidine rings is 1. The Morgan fingerprint density at radius 2 is 1.82 bits per heavy atom. The summed E-state index contributed by atoms with van der Waals surface area (Å²) < 4.78 is 27.8. The summed E-state index contributed by atoms with van der Waals surface area (Å²) in [7, 11) is 0.551. The molecule has 1 fully saturated rings. The molecule has 0 amide bonds. The third-order valence-corrected chi connectivity index (χ3v) is 6.99. The Morgan fingerprint density at radius 3 is 2.46 bits per heavy atom. The Labute approximate surface area is 167 Å². The minimum absolute atomic E-state index is 0.363. The fraction of sp³-hybridized carbons (Fsp3) is 0.500. The van der Waals surface area contributed by atoms with Gasteiger partial charge in [-0.05, 0) is 57.6 Å². The van der Waals surface area contributed by atoms with Crippen LogP contribution in [0.1, 0.15) is 24.8 Å². The number of likely N-dealkylation sites (N-methyl/N-ethyl adjacent to an activating group) is 1. The van der Waals surface area contributed by atoms with E-state index in [1.807, 2.05) is 45.3 Å². The first kappa shape index (κ1) is 20.7. The van der Waals surface area contributed by atoms with Crippen molar-refractivity contribution in [1.29, 1.82) is 0 Å². The second-order valence-electron chi connectivity index (χ2n) is 7.48. The van der Waals surface area contributed by atoms with Gasteiger partial charge in [-0.2, -0.15) is 4.31 Å². The highest BCUT2D eigenvalue weighted by atomic mass is 32.2. The van der Waals surface area contributed by atoms with Crippen LogP contribution in [0.4, 0.5) is 5.82 Å². The van der Waals surface area contributed by atoms with E-state index in [-0.39, 0.29) is 0 Å². The first-order valence-electron chi connectivity index (χ1n) is 9.71. The molecule has 0 radical (unpaired) electrons. The Balaban J connectivity index is 1.81. The highest BCUT2D eigenvalue weighted by Crippen LogP contribution is 2.27. The molecule has 1 aliphatic rings. The van der Waals surface area contributed by atoms with Gasteiger partial charge in [-0.1, -0.05) is 18.6 Å². The third-order valence-electron chi connectivity index (χ3n) is 4.95. The number of nitrogens with one attached hydrogen (secondary N) is 1. The van der Waals surface area contributed by atoms with Crippen LogP contribution in [0.15, 0.2) is 35.2 Å². The van der Waals surface area contributed by atoms with Gasteiger partial charge in [0.25, 0.3) is 0 Å². The largest absolute Gasteiger partial charge is 0.367 e. The van der Waals surface area contributed by atoms with E-state index in [1.54, 1.807) is 10.4 Å². The van der Waals surface area contributed by atoms with E-state index in [1.165, 1.54) is 0 Å². The zero-order chi connectivity index (χ0) is 20.1. The van der Waals surface area contributed by atoms with Crippen LogP contribution >= 0.6 is 0 Å². The van der Waals surface area contributed by atoms with Crippen LogP contribution in [0.25, 0.3) is 11.3 Å². The minimum Gasteiger partial charge on any atom is -0.367 e. The number of anilines is 1. The molecular formula is C20H29N5O2S. The van der Waals surface area contributed by atoms with E-state index in [9.17, 15) is 8.42 Å². The highest BCUT2D eigenvalue weighted by Gasteiger charge is 2.27. The maximum absolute atomic E-state index is 13.1. The van der Waals surface area contributed by atoms with Crippen molar-refractivity contribution in [3.63, 3.8) is 0 Å². The van der Waals surface area contributed by atoms with Crippen LogP contribution in [0, 0.1) is 6.92 Å². The number of hydrogen-bond donors (Lipinski definition) is 1. The second-order valence-corrected chi connectivity index (χ2v) is 9.39. The summed E-state index contributed by atoms with van der Waals surface area (Å²) in [4.78, 5) is 2.45. The molecule has 1 N–H and O–H groups in total. The maximum atomic E-state index is 13.1. The summed E-state index contributed by atoms with van der Waals surface area (Å²) in [5, 5.41) is 11.7. The van der Waals surface area contributed by atoms with Gasteiger partial charge in [-0.15, -0.1) is 10.2 Å². The quantitative estimate of drug-likeness (QED) is 0.766. The lowest BCUT2D eigenvalue weighted by Crippen LogP contribution is -2.35. The topological polar surface area (TPSA) is 78.4 Å². The summed E-state index contributed by atoms with van der Waals surface area (Å²) in [5.74, 6) is 0.707. The molecule has 0 spiro atoms. The number of benzene rings is 1. The van der Waals surface area contributed by atoms with E-state index in [2.05, 4.69) is 20.4 Å². The molecule has 0 bridgehead atoms. The molecule has 1 saturated heterocycles. The number of aryl methyl sites for hydroxylation is 1. The number of nitrogens with zero attached hydrogens (tertiary/aromatic N) is 4. The van der Waals surface area contributed by atoms with Crippen molar-refractivity contribution in [2.45, 2.75) is 31.1 Å². The van der Waals surface area contributed by atoms with Gasteiger partial charge in [0, 0.05) is 31.7 Å². The number of aromatic nitrogens is 2. The van der Waals surface area contributed by atoms with Gasteiger partial charge in [0.15, 0.2) is 0 Å². The van der Waals surface area contributed by atoms with Gasteiger partial charge in [0.05, 0.1) is 10.6 Å². The van der Waals surface area contributed by atoms with Crippen molar-refractivity contribution in [2.75, 3.05) is 45.6 Å². The predicted molar refractivity (Wildman–Crippen MR) is 112 cm³/mol. The highest BCUT2D eigenvalue weighted by molar-refractivity contribution is 7.89. The number of hydrogen-bond acceptors (Lipinski definition) is 6. The maximum Gasteiger partial charge on any atom is 0.243 e. The van der Waals surface area contributed by atoms with Gasteiger partial charge in [0.2, 0.25) is 10.0 Å². The van der Waals surface area contributed by atoms with Crippen molar-refractivity contribution in [2.24, 2.45) is 0 Å². The fourth-order valence-corrected chi connectivity index (χ4v) is 5.04. The average Bonchev–Trinajstić information content (AvgIpc) is 2.69. The summed E-state index contributed by atoms with van der Waals surface area (Å²) in [6, 6.07) is 9.21. The van der Waals surface area contributed by atoms with Gasteiger partial charge < -0.3 is 10.2 Å². The van der Waals surface area contributed by atoms with Crippen molar-refractivity contribution < 1.29 is 8.42 Å². The summed E-state index contributed by atoms with van der Waals surface area (Å²) in [5.41, 5.74) is 2.17. The zero-order valence-electron chi connectivity index (χ0n) is 16.9. The smallest absolute Gasteiger partial charge is 0.243 e. The minimum atomic E-state index is -3.48. The predicted octanol–water partition coefficient (Wildman–Crippen LogP) is 2.60. The summed E-state index contributed by atoms with van der Waals surface area (Å²) in [6.07, 6.45) is 2.94. The van der Waals surface area contributed by atoms with Gasteiger partial charge >= 0.3 is 0 Å². The normalized spacial score (nSPS) is 15.7. The van der Waals surface area contributed by atoms with Crippen LogP contribution in [0.2, 0.25) is 0 Å². The van der Waals surface area contributed by atoms with Crippen LogP contribution < -0.4 is 5.32 Å². The van der Waals surface area contributed by atoms with Gasteiger partial charge in [-0.25, -0.2) is 8.42 Å². The standard InChI is InChI=1S/C20H29N5O2S/c1-16-7-8-17(15-19(16)28(26,27)25-12-5-4-6-13-25)18-9-10-20(23-22-18)21-11-14-24(2)3/h7-10,15H,4-6,11-14H2,1-3H3,(H,21,23).